The van der Waals surface area contributed by atoms with Crippen molar-refractivity contribution >= 4 is 47.7 Å². The van der Waals surface area contributed by atoms with Gasteiger partial charge in [-0.05, 0) is 6.42 Å². The van der Waals surface area contributed by atoms with Crippen molar-refractivity contribution in [2.45, 2.75) is 37.9 Å². The van der Waals surface area contributed by atoms with E-state index in [1.165, 1.54) is 0 Å². The van der Waals surface area contributed by atoms with Crippen molar-refractivity contribution in [2.24, 2.45) is 0 Å². The molecular weight excluding hydrogens is 203 g/mol. The van der Waals surface area contributed by atoms with Crippen molar-refractivity contribution in [2.75, 3.05) is 0 Å². The second kappa shape index (κ2) is 5.12. The van der Waals surface area contributed by atoms with Crippen LogP contribution in [-0.2, 0) is 10.1 Å². The maximum Gasteiger partial charge on any atom is 0.265 e. The second-order valence-electron chi connectivity index (χ2n) is 3.78. The number of rotatable bonds is 3. The van der Waals surface area contributed by atoms with Crippen LogP contribution in [-0.4, -0.2) is 55.5 Å². The summed E-state index contributed by atoms with van der Waals surface area (Å²) in [6.07, 6.45) is 0.508. The SMILES string of the molecule is CCC([Si](C)(C)C)S(=O)(=O)O.[Na]. The van der Waals surface area contributed by atoms with Crippen molar-refractivity contribution in [1.82, 2.24) is 0 Å². The van der Waals surface area contributed by atoms with E-state index in [2.05, 4.69) is 0 Å². The molecule has 12 heavy (non-hydrogen) atoms. The van der Waals surface area contributed by atoms with Crippen LogP contribution in [0.25, 0.3) is 0 Å². The molecule has 0 amide bonds. The van der Waals surface area contributed by atoms with Gasteiger partial charge in [-0.15, -0.1) is 0 Å². The van der Waals surface area contributed by atoms with E-state index in [4.69, 9.17) is 4.55 Å². The van der Waals surface area contributed by atoms with Gasteiger partial charge in [-0.25, -0.2) is 0 Å². The van der Waals surface area contributed by atoms with Crippen molar-refractivity contribution in [3.05, 3.63) is 0 Å². The molecule has 0 aliphatic heterocycles. The Bertz CT molecular complexity index is 219. The summed E-state index contributed by atoms with van der Waals surface area (Å²) >= 11 is 0. The molecule has 0 rings (SSSR count). The third-order valence-corrected chi connectivity index (χ3v) is 8.10. The summed E-state index contributed by atoms with van der Waals surface area (Å²) < 4.78 is 30.4. The Morgan fingerprint density at radius 2 is 1.67 bits per heavy atom. The second-order valence-corrected chi connectivity index (χ2v) is 11.2. The van der Waals surface area contributed by atoms with Crippen LogP contribution in [0.5, 0.6) is 0 Å². The average molecular weight is 219 g/mol. The average Bonchev–Trinajstić information content (AvgIpc) is 1.56. The molecule has 0 spiro atoms. The molecule has 0 heterocycles. The van der Waals surface area contributed by atoms with Gasteiger partial charge < -0.3 is 0 Å². The summed E-state index contributed by atoms with van der Waals surface area (Å²) in [5.74, 6) is 0. The topological polar surface area (TPSA) is 54.4 Å². The summed E-state index contributed by atoms with van der Waals surface area (Å²) in [4.78, 5) is -0.519. The zero-order valence-corrected chi connectivity index (χ0v) is 12.3. The zero-order chi connectivity index (χ0) is 9.28. The van der Waals surface area contributed by atoms with Crippen LogP contribution in [0, 0.1) is 0 Å². The fourth-order valence-corrected chi connectivity index (χ4v) is 6.49. The van der Waals surface area contributed by atoms with Crippen LogP contribution in [0.15, 0.2) is 0 Å². The van der Waals surface area contributed by atoms with Crippen LogP contribution in [0.2, 0.25) is 19.6 Å². The minimum absolute atomic E-state index is 0. The van der Waals surface area contributed by atoms with E-state index < -0.39 is 23.1 Å². The normalized spacial score (nSPS) is 15.1. The standard InChI is InChI=1S/C6H16O3SSi.Na/c1-5-6(10(7,8)9)11(2,3)4;/h6H,5H2,1-4H3,(H,7,8,9);. The van der Waals surface area contributed by atoms with Gasteiger partial charge >= 0.3 is 0 Å². The van der Waals surface area contributed by atoms with Gasteiger partial charge in [0.25, 0.3) is 10.1 Å². The molecule has 1 unspecified atom stereocenters. The monoisotopic (exact) mass is 219 g/mol. The molecule has 0 aromatic rings. The molecule has 1 atom stereocenters. The van der Waals surface area contributed by atoms with E-state index in [-0.39, 0.29) is 29.6 Å². The molecule has 0 aromatic carbocycles. The molecule has 0 aliphatic rings. The molecule has 1 radical (unpaired) electrons. The van der Waals surface area contributed by atoms with Gasteiger partial charge in [0.15, 0.2) is 0 Å². The maximum absolute atomic E-state index is 10.8. The van der Waals surface area contributed by atoms with Gasteiger partial charge in [-0.1, -0.05) is 26.6 Å². The predicted octanol–water partition coefficient (Wildman–Crippen LogP) is 1.15. The quantitative estimate of drug-likeness (QED) is 0.572. The third-order valence-electron chi connectivity index (χ3n) is 1.70. The van der Waals surface area contributed by atoms with Crippen molar-refractivity contribution in [3.63, 3.8) is 0 Å². The Labute approximate surface area is 98.0 Å². The Morgan fingerprint density at radius 3 is 1.67 bits per heavy atom. The molecule has 69 valence electrons. The van der Waals surface area contributed by atoms with Crippen LogP contribution in [0.3, 0.4) is 0 Å². The van der Waals surface area contributed by atoms with Crippen molar-refractivity contribution in [1.29, 1.82) is 0 Å². The molecule has 1 N–H and O–H groups in total. The van der Waals surface area contributed by atoms with Gasteiger partial charge in [0, 0.05) is 29.6 Å². The van der Waals surface area contributed by atoms with E-state index in [0.29, 0.717) is 6.42 Å². The molecule has 0 saturated heterocycles. The van der Waals surface area contributed by atoms with E-state index in [1.54, 1.807) is 6.92 Å². The minimum atomic E-state index is -3.81. The summed E-state index contributed by atoms with van der Waals surface area (Å²) in [7, 11) is -5.57. The first-order chi connectivity index (χ1) is 4.69. The molecule has 0 saturated carbocycles. The van der Waals surface area contributed by atoms with Gasteiger partial charge in [-0.2, -0.15) is 8.42 Å². The molecule has 6 heteroatoms. The maximum atomic E-state index is 10.8. The number of hydrogen-bond acceptors (Lipinski definition) is 2. The Balaban J connectivity index is 0. The first-order valence-corrected chi connectivity index (χ1v) is 8.74. The largest absolute Gasteiger partial charge is 0.286 e. The van der Waals surface area contributed by atoms with E-state index in [1.807, 2.05) is 19.6 Å². The van der Waals surface area contributed by atoms with Gasteiger partial charge in [0.2, 0.25) is 0 Å². The summed E-state index contributed by atoms with van der Waals surface area (Å²) in [6.45, 7) is 7.61. The van der Waals surface area contributed by atoms with Crippen molar-refractivity contribution in [3.8, 4) is 0 Å². The van der Waals surface area contributed by atoms with Crippen LogP contribution >= 0.6 is 0 Å². The van der Waals surface area contributed by atoms with Crippen LogP contribution in [0.1, 0.15) is 13.3 Å². The fourth-order valence-electron chi connectivity index (χ4n) is 1.27. The third kappa shape index (κ3) is 4.99. The first-order valence-electron chi connectivity index (χ1n) is 3.66. The molecule has 0 aromatic heterocycles. The molecule has 0 aliphatic carbocycles. The van der Waals surface area contributed by atoms with E-state index in [0.717, 1.165) is 0 Å². The van der Waals surface area contributed by atoms with Gasteiger partial charge in [-0.3, -0.25) is 4.55 Å². The fraction of sp³-hybridized carbons (Fsp3) is 1.00. The summed E-state index contributed by atoms with van der Waals surface area (Å²) in [5, 5.41) is 0. The van der Waals surface area contributed by atoms with Crippen LogP contribution < -0.4 is 0 Å². The predicted molar refractivity (Wildman–Crippen MR) is 54.7 cm³/mol. The van der Waals surface area contributed by atoms with Gasteiger partial charge in [0.05, 0.1) is 12.9 Å². The minimum Gasteiger partial charge on any atom is -0.286 e. The van der Waals surface area contributed by atoms with E-state index in [9.17, 15) is 8.42 Å². The zero-order valence-electron chi connectivity index (χ0n) is 8.46. The van der Waals surface area contributed by atoms with Crippen LogP contribution in [0.4, 0.5) is 0 Å². The Kier molecular flexibility index (Phi) is 6.65. The smallest absolute Gasteiger partial charge is 0.265 e. The summed E-state index contributed by atoms with van der Waals surface area (Å²) in [6, 6.07) is 0. The Morgan fingerprint density at radius 1 is 1.33 bits per heavy atom. The molecule has 0 fully saturated rings. The molecule has 3 nitrogen and oxygen atoms in total. The number of hydrogen-bond donors (Lipinski definition) is 1. The first kappa shape index (κ1) is 15.6. The Hall–Kier alpha value is 1.13. The van der Waals surface area contributed by atoms with E-state index >= 15 is 0 Å². The van der Waals surface area contributed by atoms with Gasteiger partial charge in [0.1, 0.15) is 0 Å². The van der Waals surface area contributed by atoms with Crippen molar-refractivity contribution < 1.29 is 13.0 Å². The molecule has 0 bridgehead atoms. The summed E-state index contributed by atoms with van der Waals surface area (Å²) in [5.41, 5.74) is 0. The molecular formula is C6H16NaO3SSi.